The molecule has 0 amide bonds. The predicted octanol–water partition coefficient (Wildman–Crippen LogP) is 2.67. The predicted molar refractivity (Wildman–Crippen MR) is 56.3 cm³/mol. The molecule has 12 heavy (non-hydrogen) atoms. The van der Waals surface area contributed by atoms with Crippen molar-refractivity contribution in [2.45, 2.75) is 20.3 Å². The normalized spacial score (nSPS) is 19.8. The molecule has 0 radical (unpaired) electrons. The van der Waals surface area contributed by atoms with E-state index in [0.29, 0.717) is 0 Å². The second-order valence-electron chi connectivity index (χ2n) is 2.46. The summed E-state index contributed by atoms with van der Waals surface area (Å²) in [5.74, 6) is 0. The molecule has 0 atom stereocenters. The van der Waals surface area contributed by atoms with Gasteiger partial charge in [-0.15, -0.1) is 0 Å². The molecular weight excluding hydrogens is 146 g/mol. The second-order valence-corrected chi connectivity index (χ2v) is 2.46. The Labute approximate surface area is 75.9 Å². The van der Waals surface area contributed by atoms with Crippen LogP contribution in [-0.2, 0) is 0 Å². The second kappa shape index (κ2) is 6.86. The van der Waals surface area contributed by atoms with Gasteiger partial charge in [-0.1, -0.05) is 39.2 Å². The number of hydrogen-bond donors (Lipinski definition) is 1. The first-order chi connectivity index (χ1) is 5.84. The quantitative estimate of drug-likeness (QED) is 0.630. The lowest BCUT2D eigenvalue weighted by Gasteiger charge is -2.17. The summed E-state index contributed by atoms with van der Waals surface area (Å²) < 4.78 is 0. The summed E-state index contributed by atoms with van der Waals surface area (Å²) in [5.41, 5.74) is 2.54. The van der Waals surface area contributed by atoms with Crippen LogP contribution >= 0.6 is 0 Å². The van der Waals surface area contributed by atoms with Gasteiger partial charge in [-0.3, -0.25) is 0 Å². The molecule has 0 saturated carbocycles. The highest BCUT2D eigenvalue weighted by atomic mass is 14.9. The van der Waals surface area contributed by atoms with Gasteiger partial charge in [0.1, 0.15) is 0 Å². The molecule has 0 unspecified atom stereocenters. The molecule has 1 nitrogen and oxygen atoms in total. The number of allylic oxidation sites excluding steroid dienone is 2. The first-order valence-electron chi connectivity index (χ1n) is 4.55. The van der Waals surface area contributed by atoms with Gasteiger partial charge in [-0.2, -0.15) is 0 Å². The van der Waals surface area contributed by atoms with E-state index < -0.39 is 0 Å². The highest BCUT2D eigenvalue weighted by Gasteiger charge is 2.06. The SMILES string of the molecule is C=C/C=C1/CCNCC1=C.CC. The Kier molecular flexibility index (Phi) is 6.39. The average molecular weight is 165 g/mol. The van der Waals surface area contributed by atoms with Crippen LogP contribution in [0.25, 0.3) is 0 Å². The number of rotatable bonds is 1. The van der Waals surface area contributed by atoms with E-state index in [9.17, 15) is 0 Å². The van der Waals surface area contributed by atoms with E-state index in [2.05, 4.69) is 18.5 Å². The lowest BCUT2D eigenvalue weighted by Crippen LogP contribution is -2.24. The van der Waals surface area contributed by atoms with E-state index in [0.717, 1.165) is 19.5 Å². The minimum atomic E-state index is 0.930. The molecule has 0 bridgehead atoms. The molecule has 0 aromatic rings. The molecule has 0 aliphatic carbocycles. The van der Waals surface area contributed by atoms with Gasteiger partial charge >= 0.3 is 0 Å². The highest BCUT2D eigenvalue weighted by molar-refractivity contribution is 5.33. The summed E-state index contributed by atoms with van der Waals surface area (Å²) in [6, 6.07) is 0. The van der Waals surface area contributed by atoms with Crippen molar-refractivity contribution in [3.8, 4) is 0 Å². The number of piperidine rings is 1. The molecule has 1 rings (SSSR count). The fourth-order valence-electron chi connectivity index (χ4n) is 1.10. The van der Waals surface area contributed by atoms with Crippen LogP contribution in [0.15, 0.2) is 36.5 Å². The first-order valence-corrected chi connectivity index (χ1v) is 4.55. The molecule has 68 valence electrons. The van der Waals surface area contributed by atoms with Crippen LogP contribution in [0.2, 0.25) is 0 Å². The van der Waals surface area contributed by atoms with Gasteiger partial charge in [0.05, 0.1) is 0 Å². The average Bonchev–Trinajstić information content (AvgIpc) is 2.13. The molecule has 0 spiro atoms. The number of nitrogens with one attached hydrogen (secondary N) is 1. The Hall–Kier alpha value is -0.820. The van der Waals surface area contributed by atoms with Crippen LogP contribution in [0.1, 0.15) is 20.3 Å². The zero-order valence-electron chi connectivity index (χ0n) is 8.19. The van der Waals surface area contributed by atoms with Gasteiger partial charge in [0.2, 0.25) is 0 Å². The Bertz CT molecular complexity index is 177. The van der Waals surface area contributed by atoms with E-state index in [4.69, 9.17) is 0 Å². The highest BCUT2D eigenvalue weighted by Crippen LogP contribution is 2.14. The summed E-state index contributed by atoms with van der Waals surface area (Å²) >= 11 is 0. The molecular formula is C11H19N. The fourth-order valence-corrected chi connectivity index (χ4v) is 1.10. The van der Waals surface area contributed by atoms with Crippen molar-refractivity contribution < 1.29 is 0 Å². The van der Waals surface area contributed by atoms with Crippen molar-refractivity contribution >= 4 is 0 Å². The third-order valence-electron chi connectivity index (χ3n) is 1.68. The third kappa shape index (κ3) is 3.54. The fraction of sp³-hybridized carbons (Fsp3) is 0.455. The minimum Gasteiger partial charge on any atom is -0.312 e. The smallest absolute Gasteiger partial charge is 0.0202 e. The maximum Gasteiger partial charge on any atom is 0.0202 e. The van der Waals surface area contributed by atoms with Crippen LogP contribution in [-0.4, -0.2) is 13.1 Å². The lowest BCUT2D eigenvalue weighted by atomic mass is 10.0. The van der Waals surface area contributed by atoms with E-state index in [-0.39, 0.29) is 0 Å². The van der Waals surface area contributed by atoms with Crippen molar-refractivity contribution in [2.75, 3.05) is 13.1 Å². The van der Waals surface area contributed by atoms with Crippen molar-refractivity contribution in [1.29, 1.82) is 0 Å². The van der Waals surface area contributed by atoms with E-state index >= 15 is 0 Å². The molecule has 1 aliphatic heterocycles. The summed E-state index contributed by atoms with van der Waals surface area (Å²) in [4.78, 5) is 0. The largest absolute Gasteiger partial charge is 0.312 e. The summed E-state index contributed by atoms with van der Waals surface area (Å²) in [7, 11) is 0. The maximum absolute atomic E-state index is 3.94. The Balaban J connectivity index is 0.000000561. The standard InChI is InChI=1S/C9H13N.C2H6/c1-3-4-9-5-6-10-7-8(9)2;1-2/h3-4,10H,1-2,5-7H2;1-2H3/b9-4-;. The van der Waals surface area contributed by atoms with Gasteiger partial charge in [0.25, 0.3) is 0 Å². The Morgan fingerprint density at radius 2 is 2.08 bits per heavy atom. The summed E-state index contributed by atoms with van der Waals surface area (Å²) in [6.07, 6.45) is 4.96. The summed E-state index contributed by atoms with van der Waals surface area (Å²) in [6.45, 7) is 13.6. The summed E-state index contributed by atoms with van der Waals surface area (Å²) in [5, 5.41) is 3.25. The number of hydrogen-bond acceptors (Lipinski definition) is 1. The van der Waals surface area contributed by atoms with Gasteiger partial charge in [-0.25, -0.2) is 0 Å². The van der Waals surface area contributed by atoms with Gasteiger partial charge in [0, 0.05) is 6.54 Å². The van der Waals surface area contributed by atoms with Crippen molar-refractivity contribution in [3.63, 3.8) is 0 Å². The van der Waals surface area contributed by atoms with E-state index in [1.165, 1.54) is 11.1 Å². The van der Waals surface area contributed by atoms with E-state index in [1.54, 1.807) is 0 Å². The van der Waals surface area contributed by atoms with Crippen LogP contribution in [0.3, 0.4) is 0 Å². The lowest BCUT2D eigenvalue weighted by molar-refractivity contribution is 0.684. The topological polar surface area (TPSA) is 12.0 Å². The Morgan fingerprint density at radius 3 is 2.58 bits per heavy atom. The van der Waals surface area contributed by atoms with Gasteiger partial charge in [0.15, 0.2) is 0 Å². The maximum atomic E-state index is 3.94. The molecule has 0 aromatic carbocycles. The van der Waals surface area contributed by atoms with Crippen molar-refractivity contribution in [3.05, 3.63) is 36.5 Å². The molecule has 0 aromatic heterocycles. The van der Waals surface area contributed by atoms with Crippen LogP contribution in [0.5, 0.6) is 0 Å². The molecule has 1 heterocycles. The Morgan fingerprint density at radius 1 is 1.42 bits per heavy atom. The van der Waals surface area contributed by atoms with Gasteiger partial charge in [-0.05, 0) is 24.1 Å². The first kappa shape index (κ1) is 11.2. The van der Waals surface area contributed by atoms with E-state index in [1.807, 2.05) is 26.0 Å². The minimum absolute atomic E-state index is 0.930. The third-order valence-corrected chi connectivity index (χ3v) is 1.68. The van der Waals surface area contributed by atoms with Crippen LogP contribution in [0.4, 0.5) is 0 Å². The zero-order chi connectivity index (χ0) is 9.40. The molecule has 1 N–H and O–H groups in total. The van der Waals surface area contributed by atoms with Crippen molar-refractivity contribution in [2.24, 2.45) is 0 Å². The van der Waals surface area contributed by atoms with Crippen LogP contribution < -0.4 is 5.32 Å². The van der Waals surface area contributed by atoms with Gasteiger partial charge < -0.3 is 5.32 Å². The monoisotopic (exact) mass is 165 g/mol. The zero-order valence-corrected chi connectivity index (χ0v) is 8.19. The molecule has 1 saturated heterocycles. The van der Waals surface area contributed by atoms with Crippen molar-refractivity contribution in [1.82, 2.24) is 5.32 Å². The molecule has 1 aliphatic rings. The molecule has 1 fully saturated rings. The molecule has 1 heteroatoms. The van der Waals surface area contributed by atoms with Crippen LogP contribution in [0, 0.1) is 0 Å².